The molecular weight excluding hydrogens is 745 g/mol. The summed E-state index contributed by atoms with van der Waals surface area (Å²) in [5.41, 5.74) is 5.43. The van der Waals surface area contributed by atoms with Crippen LogP contribution in [-0.2, 0) is 25.1 Å². The van der Waals surface area contributed by atoms with Gasteiger partial charge >= 0.3 is 0 Å². The van der Waals surface area contributed by atoms with E-state index in [1.54, 1.807) is 6.07 Å². The van der Waals surface area contributed by atoms with E-state index in [-0.39, 0.29) is 51.9 Å². The highest BCUT2D eigenvalue weighted by molar-refractivity contribution is 7.93. The molecule has 3 N–H and O–H groups in total. The minimum Gasteiger partial charge on any atom is -0.504 e. The van der Waals surface area contributed by atoms with Crippen molar-refractivity contribution < 1.29 is 35.1 Å². The van der Waals surface area contributed by atoms with Crippen LogP contribution in [0, 0.1) is 0 Å². The molecule has 3 heterocycles. The van der Waals surface area contributed by atoms with Crippen LogP contribution in [0.5, 0.6) is 5.75 Å². The smallest absolute Gasteiger partial charge is 0.218 e. The van der Waals surface area contributed by atoms with E-state index in [1.165, 1.54) is 31.0 Å². The minimum absolute atomic E-state index is 0.0254. The van der Waals surface area contributed by atoms with Gasteiger partial charge in [0.25, 0.3) is 0 Å². The van der Waals surface area contributed by atoms with E-state index in [9.17, 15) is 21.9 Å². The maximum Gasteiger partial charge on any atom is 0.218 e. The van der Waals surface area contributed by atoms with Gasteiger partial charge in [-0.15, -0.1) is 0 Å². The first kappa shape index (κ1) is 38.5. The number of anilines is 1. The van der Waals surface area contributed by atoms with Crippen LogP contribution in [-0.4, -0.2) is 85.0 Å². The number of halogens is 4. The molecule has 0 radical (unpaired) electrons. The Balaban J connectivity index is 0.000000179. The normalized spacial score (nSPS) is 22.2. The number of aromatic hydroxyl groups is 1. The number of nitrogens with zero attached hydrogens (tertiary/aromatic N) is 3. The summed E-state index contributed by atoms with van der Waals surface area (Å²) in [6.07, 6.45) is 6.41. The summed E-state index contributed by atoms with van der Waals surface area (Å²) in [6, 6.07) is 6.55. The summed E-state index contributed by atoms with van der Waals surface area (Å²) in [4.78, 5) is 7.90. The number of oxazole rings is 1. The average Bonchev–Trinajstić information content (AvgIpc) is 3.45. The molecule has 0 atom stereocenters. The molecule has 7 rings (SSSR count). The number of alkyl halides is 2. The maximum absolute atomic E-state index is 15.8. The van der Waals surface area contributed by atoms with Crippen molar-refractivity contribution in [1.29, 1.82) is 0 Å². The number of piperidine rings is 2. The van der Waals surface area contributed by atoms with Crippen LogP contribution in [0.2, 0.25) is 10.0 Å². The Morgan fingerprint density at radius 3 is 1.67 bits per heavy atom. The molecule has 0 unspecified atom stereocenters. The summed E-state index contributed by atoms with van der Waals surface area (Å²) in [5.74, 6) is -0.273. The molecule has 2 saturated carbocycles. The predicted molar refractivity (Wildman–Crippen MR) is 194 cm³/mol. The maximum atomic E-state index is 15.8. The van der Waals surface area contributed by atoms with Crippen molar-refractivity contribution in [1.82, 2.24) is 14.8 Å². The molecule has 0 spiro atoms. The molecule has 3 aromatic rings. The van der Waals surface area contributed by atoms with Gasteiger partial charge in [0.1, 0.15) is 15.3 Å². The molecule has 0 bridgehead atoms. The summed E-state index contributed by atoms with van der Waals surface area (Å²) < 4.78 is 89.2. The van der Waals surface area contributed by atoms with Gasteiger partial charge in [-0.25, -0.2) is 30.6 Å². The summed E-state index contributed by atoms with van der Waals surface area (Å²) in [6.45, 7) is 7.42. The number of nitrogen functional groups attached to an aromatic ring is 1. The third kappa shape index (κ3) is 6.98. The lowest BCUT2D eigenvalue weighted by Gasteiger charge is -2.43. The lowest BCUT2D eigenvalue weighted by atomic mass is 9.90. The zero-order valence-electron chi connectivity index (χ0n) is 29.1. The third-order valence-electron chi connectivity index (χ3n) is 11.0. The van der Waals surface area contributed by atoms with Crippen molar-refractivity contribution in [3.05, 3.63) is 40.2 Å². The average molecular weight is 792 g/mol. The standard InChI is InChI=1S/C20H26ClFN2O3S.C15H20ClFN2O3S/c1-19(2,3)18-23-15-8-7-14(21)17(16(15)27-18)28(25,26)20(22)9-11-24(12-10-20)13-5-4-6-13;16-11-4-5-12(18)13(20)14(11)23(21,22)15(17)6-8-19(9-7-15)10-2-1-3-10/h7-8,13H,4-6,9-12H2,1-3H3;4-5,10,20H,1-3,6-9,18H2. The van der Waals surface area contributed by atoms with Gasteiger partial charge in [-0.2, -0.15) is 0 Å². The first-order chi connectivity index (χ1) is 23.8. The number of likely N-dealkylation sites (tertiary alicyclic amines) is 2. The quantitative estimate of drug-likeness (QED) is 0.189. The van der Waals surface area contributed by atoms with Gasteiger partial charge in [0.05, 0.1) is 15.7 Å². The van der Waals surface area contributed by atoms with E-state index < -0.39 is 45.7 Å². The van der Waals surface area contributed by atoms with Gasteiger partial charge in [0, 0.05) is 69.4 Å². The van der Waals surface area contributed by atoms with Crippen LogP contribution in [0.25, 0.3) is 11.1 Å². The molecule has 2 aliphatic carbocycles. The van der Waals surface area contributed by atoms with Gasteiger partial charge in [-0.05, 0) is 49.9 Å². The highest BCUT2D eigenvalue weighted by Crippen LogP contribution is 2.46. The lowest BCUT2D eigenvalue weighted by molar-refractivity contribution is 0.0566. The van der Waals surface area contributed by atoms with Crippen LogP contribution < -0.4 is 5.73 Å². The Kier molecular flexibility index (Phi) is 10.5. The van der Waals surface area contributed by atoms with Crippen LogP contribution >= 0.6 is 23.2 Å². The van der Waals surface area contributed by atoms with E-state index in [1.807, 2.05) is 20.8 Å². The zero-order chi connectivity index (χ0) is 37.1. The Morgan fingerprint density at radius 2 is 1.24 bits per heavy atom. The van der Waals surface area contributed by atoms with Gasteiger partial charge in [-0.1, -0.05) is 56.8 Å². The van der Waals surface area contributed by atoms with Crippen LogP contribution in [0.1, 0.15) is 90.9 Å². The minimum atomic E-state index is -4.44. The first-order valence-electron chi connectivity index (χ1n) is 17.5. The molecule has 10 nitrogen and oxygen atoms in total. The summed E-state index contributed by atoms with van der Waals surface area (Å²) >= 11 is 12.2. The molecular formula is C35H46Cl2F2N4O6S2. The second kappa shape index (κ2) is 13.9. The van der Waals surface area contributed by atoms with Crippen molar-refractivity contribution in [3.8, 4) is 5.75 Å². The Bertz CT molecular complexity index is 2000. The Morgan fingerprint density at radius 1 is 0.804 bits per heavy atom. The van der Waals surface area contributed by atoms with E-state index in [4.69, 9.17) is 33.4 Å². The second-order valence-electron chi connectivity index (χ2n) is 15.3. The molecule has 2 aliphatic heterocycles. The number of aromatic nitrogens is 1. The number of nitrogens with two attached hydrogens (primary N) is 1. The fraction of sp³-hybridized carbons (Fsp3) is 0.629. The molecule has 2 saturated heterocycles. The number of rotatable bonds is 6. The lowest BCUT2D eigenvalue weighted by Crippen LogP contribution is -2.51. The van der Waals surface area contributed by atoms with E-state index in [2.05, 4.69) is 14.8 Å². The van der Waals surface area contributed by atoms with Gasteiger partial charge in [0.2, 0.25) is 35.6 Å². The van der Waals surface area contributed by atoms with Crippen molar-refractivity contribution in [2.75, 3.05) is 31.9 Å². The summed E-state index contributed by atoms with van der Waals surface area (Å²) in [7, 11) is -8.79. The number of hydrogen-bond acceptors (Lipinski definition) is 10. The molecule has 16 heteroatoms. The van der Waals surface area contributed by atoms with Crippen molar-refractivity contribution in [2.24, 2.45) is 0 Å². The van der Waals surface area contributed by atoms with Gasteiger partial charge in [-0.3, -0.25) is 0 Å². The Labute approximate surface area is 308 Å². The highest BCUT2D eigenvalue weighted by atomic mass is 35.5. The fourth-order valence-electron chi connectivity index (χ4n) is 7.19. The number of hydrogen-bond donors (Lipinski definition) is 2. The van der Waals surface area contributed by atoms with Crippen LogP contribution in [0.4, 0.5) is 14.5 Å². The topological polar surface area (TPSA) is 147 Å². The number of phenolic OH excluding ortho intramolecular Hbond substituents is 1. The Hall–Kier alpha value is -2.23. The number of benzene rings is 2. The highest BCUT2D eigenvalue weighted by Gasteiger charge is 2.52. The second-order valence-corrected chi connectivity index (χ2v) is 20.4. The molecule has 282 valence electrons. The largest absolute Gasteiger partial charge is 0.504 e. The molecule has 51 heavy (non-hydrogen) atoms. The fourth-order valence-corrected chi connectivity index (χ4v) is 11.7. The molecule has 2 aromatic carbocycles. The summed E-state index contributed by atoms with van der Waals surface area (Å²) in [5, 5.41) is 4.97. The van der Waals surface area contributed by atoms with Crippen LogP contribution in [0.3, 0.4) is 0 Å². The van der Waals surface area contributed by atoms with Gasteiger partial charge in [0.15, 0.2) is 11.3 Å². The number of fused-ring (bicyclic) bond motifs is 1. The third-order valence-corrected chi connectivity index (χ3v) is 16.5. The molecule has 4 aliphatic rings. The monoisotopic (exact) mass is 790 g/mol. The van der Waals surface area contributed by atoms with Gasteiger partial charge < -0.3 is 25.1 Å². The van der Waals surface area contributed by atoms with E-state index >= 15 is 8.78 Å². The molecule has 4 fully saturated rings. The van der Waals surface area contributed by atoms with Crippen molar-refractivity contribution >= 4 is 59.7 Å². The zero-order valence-corrected chi connectivity index (χ0v) is 32.2. The molecule has 0 amide bonds. The number of sulfone groups is 2. The molecule has 1 aromatic heterocycles. The van der Waals surface area contributed by atoms with Crippen LogP contribution in [0.15, 0.2) is 38.5 Å². The van der Waals surface area contributed by atoms with Crippen molar-refractivity contribution in [2.45, 2.75) is 122 Å². The van der Waals surface area contributed by atoms with E-state index in [0.29, 0.717) is 49.7 Å². The number of phenols is 1. The first-order valence-corrected chi connectivity index (χ1v) is 21.2. The SMILES string of the molecule is CC(C)(C)c1nc2ccc(Cl)c(S(=O)(=O)C3(F)CCN(C4CCC4)CC3)c2o1.Nc1ccc(Cl)c(S(=O)(=O)C2(F)CCN(C3CCC3)CC2)c1O. The predicted octanol–water partition coefficient (Wildman–Crippen LogP) is 7.58. The van der Waals surface area contributed by atoms with E-state index in [0.717, 1.165) is 25.7 Å². The van der Waals surface area contributed by atoms with Crippen molar-refractivity contribution in [3.63, 3.8) is 0 Å².